The predicted molar refractivity (Wildman–Crippen MR) is 98.5 cm³/mol. The van der Waals surface area contributed by atoms with Crippen molar-refractivity contribution in [1.82, 2.24) is 4.90 Å². The number of hydrogen-bond acceptors (Lipinski definition) is 3. The molecule has 136 valence electrons. The molecule has 0 N–H and O–H groups in total. The highest BCUT2D eigenvalue weighted by molar-refractivity contribution is 5.77. The summed E-state index contributed by atoms with van der Waals surface area (Å²) in [6.45, 7) is 11.1. The van der Waals surface area contributed by atoms with Crippen molar-refractivity contribution in [3.63, 3.8) is 0 Å². The Morgan fingerprint density at radius 3 is 2.21 bits per heavy atom. The van der Waals surface area contributed by atoms with Crippen LogP contribution in [0.25, 0.3) is 0 Å². The average molecular weight is 335 g/mol. The number of benzene rings is 1. The molecule has 0 saturated heterocycles. The maximum Gasteiger partial charge on any atom is 0.223 e. The smallest absolute Gasteiger partial charge is 0.223 e. The predicted octanol–water partition coefficient (Wildman–Crippen LogP) is 4.66. The first-order chi connectivity index (χ1) is 11.3. The second kappa shape index (κ2) is 8.95. The Hall–Kier alpha value is -1.71. The number of rotatable bonds is 8. The van der Waals surface area contributed by atoms with Crippen LogP contribution in [-0.4, -0.2) is 31.1 Å². The minimum absolute atomic E-state index is 0.0225. The zero-order valence-electron chi connectivity index (χ0n) is 16.3. The fraction of sp³-hybridized carbons (Fsp3) is 0.650. The summed E-state index contributed by atoms with van der Waals surface area (Å²) in [7, 11) is 3.29. The van der Waals surface area contributed by atoms with E-state index in [9.17, 15) is 4.79 Å². The summed E-state index contributed by atoms with van der Waals surface area (Å²) >= 11 is 0. The van der Waals surface area contributed by atoms with Crippen molar-refractivity contribution in [2.45, 2.75) is 66.5 Å². The van der Waals surface area contributed by atoms with E-state index >= 15 is 0 Å². The number of ether oxygens (including phenoxy) is 2. The van der Waals surface area contributed by atoms with E-state index in [1.54, 1.807) is 14.2 Å². The van der Waals surface area contributed by atoms with Crippen molar-refractivity contribution in [3.05, 3.63) is 23.8 Å². The van der Waals surface area contributed by atoms with Crippen LogP contribution in [-0.2, 0) is 11.3 Å². The van der Waals surface area contributed by atoms with Gasteiger partial charge in [0.1, 0.15) is 11.5 Å². The van der Waals surface area contributed by atoms with Gasteiger partial charge in [-0.25, -0.2) is 0 Å². The van der Waals surface area contributed by atoms with Crippen molar-refractivity contribution in [1.29, 1.82) is 0 Å². The molecule has 0 atom stereocenters. The summed E-state index contributed by atoms with van der Waals surface area (Å²) in [4.78, 5) is 14.9. The molecule has 0 bridgehead atoms. The number of methoxy groups -OCH3 is 2. The largest absolute Gasteiger partial charge is 0.497 e. The molecule has 0 aromatic heterocycles. The van der Waals surface area contributed by atoms with E-state index in [4.69, 9.17) is 9.47 Å². The molecule has 0 radical (unpaired) electrons. The van der Waals surface area contributed by atoms with Crippen molar-refractivity contribution >= 4 is 5.91 Å². The molecule has 0 heterocycles. The average Bonchev–Trinajstić information content (AvgIpc) is 2.53. The van der Waals surface area contributed by atoms with Gasteiger partial charge in [0.15, 0.2) is 0 Å². The van der Waals surface area contributed by atoms with Crippen LogP contribution in [0, 0.1) is 5.41 Å². The zero-order valence-corrected chi connectivity index (χ0v) is 16.3. The lowest BCUT2D eigenvalue weighted by Crippen LogP contribution is -2.40. The van der Waals surface area contributed by atoms with Crippen LogP contribution in [0.3, 0.4) is 0 Å². The Bertz CT molecular complexity index is 530. The molecule has 1 amide bonds. The molecule has 0 aliphatic heterocycles. The van der Waals surface area contributed by atoms with Crippen LogP contribution >= 0.6 is 0 Å². The highest BCUT2D eigenvalue weighted by Gasteiger charge is 2.26. The van der Waals surface area contributed by atoms with E-state index in [2.05, 4.69) is 34.6 Å². The normalized spacial score (nSPS) is 11.5. The summed E-state index contributed by atoms with van der Waals surface area (Å²) in [5.74, 6) is 1.72. The molecule has 0 unspecified atom stereocenters. The summed E-state index contributed by atoms with van der Waals surface area (Å²) in [6, 6.07) is 6.01. The van der Waals surface area contributed by atoms with Crippen LogP contribution in [0.2, 0.25) is 0 Å². The third-order valence-corrected chi connectivity index (χ3v) is 4.22. The second-order valence-electron chi connectivity index (χ2n) is 7.41. The first-order valence-corrected chi connectivity index (χ1v) is 8.76. The SMILES string of the molecule is CCC(CC)N(Cc1ccc(OC)cc1OC)C(=O)CC(C)(C)C. The molecule has 0 aliphatic rings. The first kappa shape index (κ1) is 20.3. The summed E-state index contributed by atoms with van der Waals surface area (Å²) in [5, 5.41) is 0. The van der Waals surface area contributed by atoms with Gasteiger partial charge in [-0.3, -0.25) is 4.79 Å². The van der Waals surface area contributed by atoms with Gasteiger partial charge in [-0.2, -0.15) is 0 Å². The maximum absolute atomic E-state index is 12.9. The van der Waals surface area contributed by atoms with E-state index in [0.717, 1.165) is 29.9 Å². The van der Waals surface area contributed by atoms with Crippen LogP contribution in [0.1, 0.15) is 59.4 Å². The molecule has 4 nitrogen and oxygen atoms in total. The van der Waals surface area contributed by atoms with E-state index in [1.807, 2.05) is 23.1 Å². The highest BCUT2D eigenvalue weighted by Crippen LogP contribution is 2.29. The van der Waals surface area contributed by atoms with Gasteiger partial charge in [0.2, 0.25) is 5.91 Å². The molecule has 1 aromatic carbocycles. The number of carbonyl (C=O) groups excluding carboxylic acids is 1. The highest BCUT2D eigenvalue weighted by atomic mass is 16.5. The Kier molecular flexibility index (Phi) is 7.59. The number of carbonyl (C=O) groups is 1. The lowest BCUT2D eigenvalue weighted by Gasteiger charge is -2.33. The molecule has 1 rings (SSSR count). The molecular weight excluding hydrogens is 302 g/mol. The van der Waals surface area contributed by atoms with Gasteiger partial charge in [-0.05, 0) is 30.4 Å². The number of amides is 1. The Balaban J connectivity index is 3.10. The summed E-state index contributed by atoms with van der Waals surface area (Å²) in [6.07, 6.45) is 2.44. The van der Waals surface area contributed by atoms with E-state index in [0.29, 0.717) is 13.0 Å². The van der Waals surface area contributed by atoms with Crippen molar-refractivity contribution in [2.75, 3.05) is 14.2 Å². The van der Waals surface area contributed by atoms with Gasteiger partial charge >= 0.3 is 0 Å². The lowest BCUT2D eigenvalue weighted by atomic mass is 9.91. The quantitative estimate of drug-likeness (QED) is 0.693. The third kappa shape index (κ3) is 5.73. The van der Waals surface area contributed by atoms with Gasteiger partial charge in [-0.15, -0.1) is 0 Å². The Morgan fingerprint density at radius 2 is 1.75 bits per heavy atom. The zero-order chi connectivity index (χ0) is 18.3. The molecule has 0 saturated carbocycles. The fourth-order valence-electron chi connectivity index (χ4n) is 2.87. The minimum Gasteiger partial charge on any atom is -0.497 e. The van der Waals surface area contributed by atoms with Crippen molar-refractivity contribution < 1.29 is 14.3 Å². The van der Waals surface area contributed by atoms with Crippen LogP contribution in [0.5, 0.6) is 11.5 Å². The monoisotopic (exact) mass is 335 g/mol. The molecule has 4 heteroatoms. The van der Waals surface area contributed by atoms with E-state index in [-0.39, 0.29) is 17.4 Å². The molecular formula is C20H33NO3. The number of hydrogen-bond donors (Lipinski definition) is 0. The number of nitrogens with zero attached hydrogens (tertiary/aromatic N) is 1. The molecule has 0 spiro atoms. The Labute approximate surface area is 147 Å². The van der Waals surface area contributed by atoms with E-state index in [1.165, 1.54) is 0 Å². The van der Waals surface area contributed by atoms with Crippen molar-refractivity contribution in [3.8, 4) is 11.5 Å². The van der Waals surface area contributed by atoms with Gasteiger partial charge in [0.25, 0.3) is 0 Å². The van der Waals surface area contributed by atoms with Gasteiger partial charge < -0.3 is 14.4 Å². The second-order valence-corrected chi connectivity index (χ2v) is 7.41. The first-order valence-electron chi connectivity index (χ1n) is 8.76. The van der Waals surface area contributed by atoms with Gasteiger partial charge in [-0.1, -0.05) is 34.6 Å². The topological polar surface area (TPSA) is 38.8 Å². The van der Waals surface area contributed by atoms with Gasteiger partial charge in [0, 0.05) is 30.6 Å². The standard InChI is InChI=1S/C20H33NO3/c1-8-16(9-2)21(19(22)13-20(3,4)5)14-15-10-11-17(23-6)12-18(15)24-7/h10-12,16H,8-9,13-14H2,1-7H3. The summed E-state index contributed by atoms with van der Waals surface area (Å²) in [5.41, 5.74) is 0.984. The molecule has 1 aromatic rings. The summed E-state index contributed by atoms with van der Waals surface area (Å²) < 4.78 is 10.8. The van der Waals surface area contributed by atoms with Crippen LogP contribution < -0.4 is 9.47 Å². The molecule has 0 aliphatic carbocycles. The van der Waals surface area contributed by atoms with Gasteiger partial charge in [0.05, 0.1) is 14.2 Å². The van der Waals surface area contributed by atoms with Crippen LogP contribution in [0.4, 0.5) is 0 Å². The van der Waals surface area contributed by atoms with E-state index < -0.39 is 0 Å². The van der Waals surface area contributed by atoms with Crippen LogP contribution in [0.15, 0.2) is 18.2 Å². The lowest BCUT2D eigenvalue weighted by molar-refractivity contribution is -0.136. The Morgan fingerprint density at radius 1 is 1.12 bits per heavy atom. The maximum atomic E-state index is 12.9. The minimum atomic E-state index is -0.0225. The fourth-order valence-corrected chi connectivity index (χ4v) is 2.87. The van der Waals surface area contributed by atoms with Crippen molar-refractivity contribution in [2.24, 2.45) is 5.41 Å². The molecule has 0 fully saturated rings. The molecule has 24 heavy (non-hydrogen) atoms. The third-order valence-electron chi connectivity index (χ3n) is 4.22.